The van der Waals surface area contributed by atoms with E-state index in [-0.39, 0.29) is 11.2 Å². The summed E-state index contributed by atoms with van der Waals surface area (Å²) in [5, 5.41) is -0.246. The van der Waals surface area contributed by atoms with E-state index in [2.05, 4.69) is 30.3 Å². The maximum atomic E-state index is 13.6. The van der Waals surface area contributed by atoms with E-state index in [0.29, 0.717) is 0 Å². The summed E-state index contributed by atoms with van der Waals surface area (Å²) in [6.45, 7) is 0.786. The number of fused-ring (bicyclic) bond motifs is 1. The number of thioether (sulfide) groups is 1. The molecule has 0 radical (unpaired) electrons. The maximum absolute atomic E-state index is 13.6. The number of carbonyl (C=O) groups excluding carboxylic acids is 1. The molecule has 0 spiro atoms. The van der Waals surface area contributed by atoms with Crippen LogP contribution in [0.5, 0.6) is 0 Å². The summed E-state index contributed by atoms with van der Waals surface area (Å²) in [5.74, 6) is 0.164. The van der Waals surface area contributed by atoms with Crippen molar-refractivity contribution >= 4 is 23.4 Å². The van der Waals surface area contributed by atoms with Crippen LogP contribution in [0.15, 0.2) is 89.8 Å². The first-order chi connectivity index (χ1) is 12.8. The van der Waals surface area contributed by atoms with Crippen molar-refractivity contribution in [2.24, 2.45) is 0 Å². The van der Waals surface area contributed by atoms with E-state index in [4.69, 9.17) is 0 Å². The zero-order valence-electron chi connectivity index (χ0n) is 14.5. The van der Waals surface area contributed by atoms with Gasteiger partial charge in [0.15, 0.2) is 0 Å². The molecule has 1 atom stereocenters. The second kappa shape index (κ2) is 7.79. The van der Waals surface area contributed by atoms with Crippen molar-refractivity contribution in [2.45, 2.75) is 23.0 Å². The molecule has 1 aliphatic heterocycles. The van der Waals surface area contributed by atoms with E-state index < -0.39 is 0 Å². The summed E-state index contributed by atoms with van der Waals surface area (Å²) in [4.78, 5) is 16.7. The minimum absolute atomic E-state index is 0.164. The van der Waals surface area contributed by atoms with Crippen molar-refractivity contribution < 1.29 is 4.79 Å². The van der Waals surface area contributed by atoms with Crippen LogP contribution < -0.4 is 4.90 Å². The van der Waals surface area contributed by atoms with Gasteiger partial charge in [-0.3, -0.25) is 4.79 Å². The number of nitrogens with zero attached hydrogens (tertiary/aromatic N) is 1. The zero-order valence-corrected chi connectivity index (χ0v) is 15.4. The third kappa shape index (κ3) is 3.54. The third-order valence-corrected chi connectivity index (χ3v) is 5.95. The lowest BCUT2D eigenvalue weighted by molar-refractivity contribution is -0.118. The molecule has 3 aromatic rings. The van der Waals surface area contributed by atoms with E-state index >= 15 is 0 Å². The van der Waals surface area contributed by atoms with Crippen LogP contribution in [0.4, 0.5) is 5.69 Å². The van der Waals surface area contributed by atoms with Gasteiger partial charge in [0.25, 0.3) is 0 Å². The second-order valence-electron chi connectivity index (χ2n) is 6.44. The van der Waals surface area contributed by atoms with Gasteiger partial charge in [0.2, 0.25) is 5.91 Å². The molecular weight excluding hydrogens is 338 g/mol. The Bertz CT molecular complexity index is 879. The van der Waals surface area contributed by atoms with Crippen molar-refractivity contribution in [3.63, 3.8) is 0 Å². The Hall–Kier alpha value is -2.52. The molecule has 4 rings (SSSR count). The molecule has 1 heterocycles. The number of hydrogen-bond donors (Lipinski definition) is 0. The topological polar surface area (TPSA) is 20.3 Å². The normalized spacial score (nSPS) is 14.5. The maximum Gasteiger partial charge on any atom is 0.244 e. The van der Waals surface area contributed by atoms with E-state index in [0.717, 1.165) is 35.5 Å². The molecule has 1 aliphatic rings. The Morgan fingerprint density at radius 1 is 0.846 bits per heavy atom. The number of rotatable bonds is 4. The van der Waals surface area contributed by atoms with Gasteiger partial charge in [-0.1, -0.05) is 66.7 Å². The van der Waals surface area contributed by atoms with Crippen LogP contribution in [0.25, 0.3) is 0 Å². The van der Waals surface area contributed by atoms with Gasteiger partial charge in [0.05, 0.1) is 0 Å². The molecule has 2 nitrogen and oxygen atoms in total. The van der Waals surface area contributed by atoms with Crippen LogP contribution in [0.1, 0.15) is 22.8 Å². The SMILES string of the molecule is O=C([C@H](Sc1ccccc1)c1ccccc1)N1CCCc2ccccc21. The van der Waals surface area contributed by atoms with E-state index in [1.54, 1.807) is 11.8 Å². The Labute approximate surface area is 158 Å². The molecule has 0 bridgehead atoms. The van der Waals surface area contributed by atoms with Gasteiger partial charge in [-0.2, -0.15) is 0 Å². The highest BCUT2D eigenvalue weighted by Gasteiger charge is 2.30. The summed E-state index contributed by atoms with van der Waals surface area (Å²) >= 11 is 1.63. The molecular formula is C23H21NOS. The van der Waals surface area contributed by atoms with Crippen LogP contribution in [-0.4, -0.2) is 12.5 Å². The lowest BCUT2D eigenvalue weighted by Gasteiger charge is -2.32. The summed E-state index contributed by atoms with van der Waals surface area (Å²) in [5.41, 5.74) is 3.39. The van der Waals surface area contributed by atoms with Crippen LogP contribution in [0.2, 0.25) is 0 Å². The Kier molecular flexibility index (Phi) is 5.07. The molecule has 0 saturated heterocycles. The predicted molar refractivity (Wildman–Crippen MR) is 109 cm³/mol. The van der Waals surface area contributed by atoms with Gasteiger partial charge >= 0.3 is 0 Å². The van der Waals surface area contributed by atoms with Crippen molar-refractivity contribution in [2.75, 3.05) is 11.4 Å². The Balaban J connectivity index is 1.69. The molecule has 0 unspecified atom stereocenters. The fourth-order valence-corrected chi connectivity index (χ4v) is 4.54. The van der Waals surface area contributed by atoms with Crippen LogP contribution in [0.3, 0.4) is 0 Å². The molecule has 0 N–H and O–H groups in total. The summed E-state index contributed by atoms with van der Waals surface area (Å²) < 4.78 is 0. The minimum Gasteiger partial charge on any atom is -0.311 e. The van der Waals surface area contributed by atoms with Gasteiger partial charge in [0.1, 0.15) is 5.25 Å². The third-order valence-electron chi connectivity index (χ3n) is 4.70. The van der Waals surface area contributed by atoms with Gasteiger partial charge in [-0.15, -0.1) is 11.8 Å². The number of aryl methyl sites for hydroxylation is 1. The lowest BCUT2D eigenvalue weighted by atomic mass is 10.0. The number of para-hydroxylation sites is 1. The summed E-state index contributed by atoms with van der Waals surface area (Å²) in [6, 6.07) is 28.6. The average molecular weight is 359 g/mol. The van der Waals surface area contributed by atoms with Crippen molar-refractivity contribution in [1.29, 1.82) is 0 Å². The quantitative estimate of drug-likeness (QED) is 0.573. The predicted octanol–water partition coefficient (Wildman–Crippen LogP) is 5.50. The number of amides is 1. The van der Waals surface area contributed by atoms with E-state index in [1.807, 2.05) is 59.5 Å². The molecule has 0 fully saturated rings. The molecule has 0 aromatic heterocycles. The number of carbonyl (C=O) groups is 1. The lowest BCUT2D eigenvalue weighted by Crippen LogP contribution is -2.38. The van der Waals surface area contributed by atoms with E-state index in [1.165, 1.54) is 5.56 Å². The van der Waals surface area contributed by atoms with Gasteiger partial charge in [-0.25, -0.2) is 0 Å². The standard InChI is InChI=1S/C23H21NOS/c25-23(24-17-9-13-18-10-7-8-16-21(18)24)22(19-11-3-1-4-12-19)26-20-14-5-2-6-15-20/h1-8,10-12,14-16,22H,9,13,17H2/t22-/m1/s1. The van der Waals surface area contributed by atoms with Crippen molar-refractivity contribution in [1.82, 2.24) is 0 Å². The van der Waals surface area contributed by atoms with Gasteiger partial charge in [-0.05, 0) is 42.2 Å². The molecule has 0 aliphatic carbocycles. The number of benzene rings is 3. The average Bonchev–Trinajstić information content (AvgIpc) is 2.72. The van der Waals surface area contributed by atoms with Crippen molar-refractivity contribution in [3.05, 3.63) is 96.1 Å². The summed E-state index contributed by atoms with van der Waals surface area (Å²) in [6.07, 6.45) is 2.06. The number of hydrogen-bond acceptors (Lipinski definition) is 2. The highest BCUT2D eigenvalue weighted by molar-refractivity contribution is 8.00. The monoisotopic (exact) mass is 359 g/mol. The molecule has 0 saturated carbocycles. The fourth-order valence-electron chi connectivity index (χ4n) is 3.43. The first kappa shape index (κ1) is 16.9. The second-order valence-corrected chi connectivity index (χ2v) is 7.62. The fraction of sp³-hybridized carbons (Fsp3) is 0.174. The summed E-state index contributed by atoms with van der Waals surface area (Å²) in [7, 11) is 0. The van der Waals surface area contributed by atoms with Crippen LogP contribution >= 0.6 is 11.8 Å². The highest BCUT2D eigenvalue weighted by atomic mass is 32.2. The number of anilines is 1. The molecule has 1 amide bonds. The van der Waals surface area contributed by atoms with Gasteiger partial charge in [0, 0.05) is 17.1 Å². The first-order valence-electron chi connectivity index (χ1n) is 8.99. The molecule has 26 heavy (non-hydrogen) atoms. The van der Waals surface area contributed by atoms with Crippen LogP contribution in [0, 0.1) is 0 Å². The van der Waals surface area contributed by atoms with E-state index in [9.17, 15) is 4.79 Å². The minimum atomic E-state index is -0.246. The van der Waals surface area contributed by atoms with Gasteiger partial charge < -0.3 is 4.90 Å². The van der Waals surface area contributed by atoms with Crippen molar-refractivity contribution in [3.8, 4) is 0 Å². The Morgan fingerprint density at radius 3 is 2.27 bits per heavy atom. The Morgan fingerprint density at radius 2 is 1.50 bits per heavy atom. The zero-order chi connectivity index (χ0) is 17.8. The molecule has 3 heteroatoms. The molecule has 3 aromatic carbocycles. The van der Waals surface area contributed by atoms with Crippen LogP contribution in [-0.2, 0) is 11.2 Å². The smallest absolute Gasteiger partial charge is 0.244 e. The first-order valence-corrected chi connectivity index (χ1v) is 9.87. The molecule has 130 valence electrons. The highest BCUT2D eigenvalue weighted by Crippen LogP contribution is 2.39. The largest absolute Gasteiger partial charge is 0.311 e.